The van der Waals surface area contributed by atoms with Gasteiger partial charge in [-0.1, -0.05) is 13.3 Å². The zero-order chi connectivity index (χ0) is 18.1. The number of carbonyl (C=O) groups excluding carboxylic acids is 2. The topological polar surface area (TPSA) is 80.3 Å². The molecule has 0 aliphatic carbocycles. The van der Waals surface area contributed by atoms with E-state index in [-0.39, 0.29) is 11.9 Å². The van der Waals surface area contributed by atoms with Crippen LogP contribution in [0.1, 0.15) is 47.4 Å². The Morgan fingerprint density at radius 1 is 1.04 bits per heavy atom. The number of pyridine rings is 1. The van der Waals surface area contributed by atoms with Crippen molar-refractivity contribution in [2.24, 2.45) is 0 Å². The second kappa shape index (κ2) is 9.42. The van der Waals surface area contributed by atoms with Gasteiger partial charge in [0, 0.05) is 18.4 Å². The summed E-state index contributed by atoms with van der Waals surface area (Å²) in [4.78, 5) is 28.1. The number of aromatic nitrogens is 1. The number of esters is 1. The van der Waals surface area contributed by atoms with Gasteiger partial charge in [-0.3, -0.25) is 4.79 Å². The highest BCUT2D eigenvalue weighted by atomic mass is 16.5. The Kier molecular flexibility index (Phi) is 6.95. The summed E-state index contributed by atoms with van der Waals surface area (Å²) in [6.07, 6.45) is 3.73. The molecular formula is C19H23N3O3. The molecule has 2 N–H and O–H groups in total. The van der Waals surface area contributed by atoms with Crippen LogP contribution in [0, 0.1) is 0 Å². The molecule has 0 aliphatic rings. The van der Waals surface area contributed by atoms with Gasteiger partial charge in [0.2, 0.25) is 0 Å². The first-order valence-corrected chi connectivity index (χ1v) is 8.42. The number of rotatable bonds is 8. The Hall–Kier alpha value is -2.89. The Bertz CT molecular complexity index is 697. The molecule has 0 spiro atoms. The Labute approximate surface area is 147 Å². The summed E-state index contributed by atoms with van der Waals surface area (Å²) in [6, 6.07) is 10.1. The van der Waals surface area contributed by atoms with Gasteiger partial charge in [-0.25, -0.2) is 9.78 Å². The van der Waals surface area contributed by atoms with Crippen molar-refractivity contribution in [3.8, 4) is 0 Å². The fourth-order valence-corrected chi connectivity index (χ4v) is 2.13. The third kappa shape index (κ3) is 5.60. The molecule has 6 nitrogen and oxygen atoms in total. The van der Waals surface area contributed by atoms with E-state index >= 15 is 0 Å². The summed E-state index contributed by atoms with van der Waals surface area (Å²) in [5.74, 6) is 0.121. The number of nitrogens with one attached hydrogen (secondary N) is 2. The number of ether oxygens (including phenoxy) is 1. The molecule has 2 aromatic rings. The van der Waals surface area contributed by atoms with Crippen molar-refractivity contribution in [1.29, 1.82) is 0 Å². The fraction of sp³-hybridized carbons (Fsp3) is 0.316. The highest BCUT2D eigenvalue weighted by Crippen LogP contribution is 2.13. The summed E-state index contributed by atoms with van der Waals surface area (Å²) < 4.78 is 4.92. The molecule has 0 bridgehead atoms. The highest BCUT2D eigenvalue weighted by Gasteiger charge is 2.09. The minimum Gasteiger partial charge on any atom is -0.462 e. The maximum Gasteiger partial charge on any atom is 0.338 e. The van der Waals surface area contributed by atoms with Crippen LogP contribution in [0.4, 0.5) is 11.5 Å². The number of benzene rings is 1. The molecule has 0 saturated carbocycles. The van der Waals surface area contributed by atoms with E-state index < -0.39 is 0 Å². The van der Waals surface area contributed by atoms with E-state index in [2.05, 4.69) is 22.5 Å². The van der Waals surface area contributed by atoms with E-state index in [0.717, 1.165) is 25.2 Å². The lowest BCUT2D eigenvalue weighted by Crippen LogP contribution is -2.13. The molecule has 1 heterocycles. The average molecular weight is 341 g/mol. The molecule has 1 amide bonds. The molecular weight excluding hydrogens is 318 g/mol. The zero-order valence-electron chi connectivity index (χ0n) is 14.5. The first-order chi connectivity index (χ1) is 12.1. The SMILES string of the molecule is CCCCNc1ccc(C(=O)Nc2ccc(C(=O)OCC)cc2)cn1. The summed E-state index contributed by atoms with van der Waals surface area (Å²) in [6.45, 7) is 5.07. The molecule has 0 saturated heterocycles. The Morgan fingerprint density at radius 3 is 2.36 bits per heavy atom. The average Bonchev–Trinajstić information content (AvgIpc) is 2.63. The summed E-state index contributed by atoms with van der Waals surface area (Å²) >= 11 is 0. The van der Waals surface area contributed by atoms with Crippen molar-refractivity contribution >= 4 is 23.4 Å². The van der Waals surface area contributed by atoms with Gasteiger partial charge in [0.1, 0.15) is 5.82 Å². The van der Waals surface area contributed by atoms with E-state index in [4.69, 9.17) is 4.74 Å². The van der Waals surface area contributed by atoms with Crippen molar-refractivity contribution in [1.82, 2.24) is 4.98 Å². The number of nitrogens with zero attached hydrogens (tertiary/aromatic N) is 1. The number of unbranched alkanes of at least 4 members (excludes halogenated alkanes) is 1. The lowest BCUT2D eigenvalue weighted by atomic mass is 10.2. The van der Waals surface area contributed by atoms with Crippen LogP contribution in [0.3, 0.4) is 0 Å². The molecule has 0 radical (unpaired) electrons. The normalized spacial score (nSPS) is 10.2. The van der Waals surface area contributed by atoms with Crippen LogP contribution in [0.15, 0.2) is 42.6 Å². The number of hydrogen-bond acceptors (Lipinski definition) is 5. The number of carbonyl (C=O) groups is 2. The third-order valence-corrected chi connectivity index (χ3v) is 3.52. The lowest BCUT2D eigenvalue weighted by Gasteiger charge is -2.08. The molecule has 132 valence electrons. The van der Waals surface area contributed by atoms with Crippen LogP contribution in [0.5, 0.6) is 0 Å². The quantitative estimate of drug-likeness (QED) is 0.565. The van der Waals surface area contributed by atoms with Crippen molar-refractivity contribution in [3.05, 3.63) is 53.7 Å². The van der Waals surface area contributed by atoms with E-state index in [1.807, 2.05) is 0 Å². The summed E-state index contributed by atoms with van der Waals surface area (Å²) in [7, 11) is 0. The minimum atomic E-state index is -0.379. The Balaban J connectivity index is 1.93. The van der Waals surface area contributed by atoms with Crippen molar-refractivity contribution in [2.45, 2.75) is 26.7 Å². The van der Waals surface area contributed by atoms with Gasteiger partial charge in [0.25, 0.3) is 5.91 Å². The van der Waals surface area contributed by atoms with Gasteiger partial charge < -0.3 is 15.4 Å². The van der Waals surface area contributed by atoms with Crippen LogP contribution < -0.4 is 10.6 Å². The minimum absolute atomic E-state index is 0.253. The molecule has 0 atom stereocenters. The number of amides is 1. The first-order valence-electron chi connectivity index (χ1n) is 8.42. The third-order valence-electron chi connectivity index (χ3n) is 3.52. The van der Waals surface area contributed by atoms with E-state index in [1.54, 1.807) is 43.3 Å². The molecule has 1 aromatic heterocycles. The molecule has 6 heteroatoms. The predicted molar refractivity (Wildman–Crippen MR) is 98.0 cm³/mol. The van der Waals surface area contributed by atoms with Gasteiger partial charge >= 0.3 is 5.97 Å². The predicted octanol–water partition coefficient (Wildman–Crippen LogP) is 3.72. The zero-order valence-corrected chi connectivity index (χ0v) is 14.5. The Morgan fingerprint density at radius 2 is 1.76 bits per heavy atom. The molecule has 2 rings (SSSR count). The first kappa shape index (κ1) is 18.4. The van der Waals surface area contributed by atoms with Crippen molar-refractivity contribution in [3.63, 3.8) is 0 Å². The van der Waals surface area contributed by atoms with E-state index in [1.165, 1.54) is 6.20 Å². The van der Waals surface area contributed by atoms with Crippen LogP contribution in [0.25, 0.3) is 0 Å². The second-order valence-electron chi connectivity index (χ2n) is 5.46. The van der Waals surface area contributed by atoms with Crippen LogP contribution >= 0.6 is 0 Å². The smallest absolute Gasteiger partial charge is 0.338 e. The maximum atomic E-state index is 12.2. The van der Waals surface area contributed by atoms with Crippen LogP contribution in [0.2, 0.25) is 0 Å². The van der Waals surface area contributed by atoms with Crippen LogP contribution in [-0.4, -0.2) is 30.0 Å². The molecule has 1 aromatic carbocycles. The largest absolute Gasteiger partial charge is 0.462 e. The molecule has 0 fully saturated rings. The monoisotopic (exact) mass is 341 g/mol. The van der Waals surface area contributed by atoms with Crippen molar-refractivity contribution < 1.29 is 14.3 Å². The standard InChI is InChI=1S/C19H23N3O3/c1-3-5-12-20-17-11-8-15(13-21-17)18(23)22-16-9-6-14(7-10-16)19(24)25-4-2/h6-11,13H,3-5,12H2,1-2H3,(H,20,21)(H,22,23). The van der Waals surface area contributed by atoms with Gasteiger partial charge in [0.05, 0.1) is 17.7 Å². The molecule has 25 heavy (non-hydrogen) atoms. The van der Waals surface area contributed by atoms with Gasteiger partial charge in [-0.2, -0.15) is 0 Å². The molecule has 0 aliphatic heterocycles. The molecule has 0 unspecified atom stereocenters. The van der Waals surface area contributed by atoms with Gasteiger partial charge in [0.15, 0.2) is 0 Å². The lowest BCUT2D eigenvalue weighted by molar-refractivity contribution is 0.0526. The van der Waals surface area contributed by atoms with E-state index in [9.17, 15) is 9.59 Å². The summed E-state index contributed by atoms with van der Waals surface area (Å²) in [5.41, 5.74) is 1.52. The fourth-order valence-electron chi connectivity index (χ4n) is 2.13. The van der Waals surface area contributed by atoms with Gasteiger partial charge in [-0.15, -0.1) is 0 Å². The van der Waals surface area contributed by atoms with E-state index in [0.29, 0.717) is 23.4 Å². The number of anilines is 2. The second-order valence-corrected chi connectivity index (χ2v) is 5.46. The highest BCUT2D eigenvalue weighted by molar-refractivity contribution is 6.04. The van der Waals surface area contributed by atoms with Crippen LogP contribution in [-0.2, 0) is 4.74 Å². The van der Waals surface area contributed by atoms with Gasteiger partial charge in [-0.05, 0) is 49.7 Å². The van der Waals surface area contributed by atoms with Crippen molar-refractivity contribution in [2.75, 3.05) is 23.8 Å². The number of hydrogen-bond donors (Lipinski definition) is 2. The summed E-state index contributed by atoms with van der Waals surface area (Å²) in [5, 5.41) is 5.98. The maximum absolute atomic E-state index is 12.2.